The van der Waals surface area contributed by atoms with Crippen molar-refractivity contribution in [3.05, 3.63) is 80.0 Å². The van der Waals surface area contributed by atoms with Gasteiger partial charge >= 0.3 is 17.1 Å². The third kappa shape index (κ3) is 3.85. The van der Waals surface area contributed by atoms with Crippen LogP contribution in [0.25, 0.3) is 5.69 Å². The second kappa shape index (κ2) is 7.80. The molecular weight excluding hydrogens is 378 g/mol. The van der Waals surface area contributed by atoms with E-state index in [9.17, 15) is 14.4 Å². The summed E-state index contributed by atoms with van der Waals surface area (Å²) in [7, 11) is 1.29. The monoisotopic (exact) mass is 397 g/mol. The lowest BCUT2D eigenvalue weighted by Crippen LogP contribution is -2.47. The minimum atomic E-state index is -0.829. The zero-order valence-electron chi connectivity index (χ0n) is 15.7. The Bertz CT molecular complexity index is 1190. The van der Waals surface area contributed by atoms with Crippen LogP contribution in [0.2, 0.25) is 0 Å². The highest BCUT2D eigenvalue weighted by Gasteiger charge is 2.21. The van der Waals surface area contributed by atoms with Crippen LogP contribution in [0.3, 0.4) is 0 Å². The van der Waals surface area contributed by atoms with Crippen molar-refractivity contribution >= 4 is 0 Å². The fourth-order valence-electron chi connectivity index (χ4n) is 3.00. The quantitative estimate of drug-likeness (QED) is 0.693. The number of benzene rings is 2. The Balaban J connectivity index is 1.79. The minimum Gasteiger partial charge on any atom is -0.484 e. The molecule has 1 aromatic heterocycles. The lowest BCUT2D eigenvalue weighted by Gasteiger charge is -2.17. The van der Waals surface area contributed by atoms with Crippen LogP contribution in [0.1, 0.15) is 6.42 Å². The van der Waals surface area contributed by atoms with E-state index in [1.807, 2.05) is 18.2 Å². The zero-order valence-corrected chi connectivity index (χ0v) is 15.7. The molecule has 0 aliphatic carbocycles. The number of nitrogens with zero attached hydrogens (tertiary/aromatic N) is 2. The fourth-order valence-corrected chi connectivity index (χ4v) is 3.00. The molecule has 1 atom stereocenters. The maximum Gasteiger partial charge on any atom is 0.340 e. The van der Waals surface area contributed by atoms with E-state index in [-0.39, 0.29) is 11.8 Å². The molecule has 9 heteroatoms. The molecule has 1 saturated heterocycles. The summed E-state index contributed by atoms with van der Waals surface area (Å²) in [5, 5.41) is 0. The molecule has 1 aliphatic heterocycles. The van der Waals surface area contributed by atoms with Crippen molar-refractivity contribution in [2.75, 3.05) is 13.2 Å². The largest absolute Gasteiger partial charge is 0.484 e. The second-order valence-electron chi connectivity index (χ2n) is 6.56. The zero-order chi connectivity index (χ0) is 20.4. The molecule has 1 unspecified atom stereocenters. The first-order valence-corrected chi connectivity index (χ1v) is 9.07. The minimum absolute atomic E-state index is 0.168. The summed E-state index contributed by atoms with van der Waals surface area (Å²) < 4.78 is 19.0. The summed E-state index contributed by atoms with van der Waals surface area (Å²) in [5.74, 6) is 1.41. The Morgan fingerprint density at radius 2 is 1.83 bits per heavy atom. The van der Waals surface area contributed by atoms with Crippen LogP contribution in [0, 0.1) is 0 Å². The van der Waals surface area contributed by atoms with Crippen LogP contribution in [0.5, 0.6) is 17.2 Å². The summed E-state index contributed by atoms with van der Waals surface area (Å²) >= 11 is 0. The molecule has 1 N–H and O–H groups in total. The summed E-state index contributed by atoms with van der Waals surface area (Å²) in [5.41, 5.74) is -2.11. The third-order valence-corrected chi connectivity index (χ3v) is 4.54. The van der Waals surface area contributed by atoms with E-state index in [1.54, 1.807) is 24.3 Å². The average molecular weight is 397 g/mol. The number of hydrogen-bond donors (Lipinski definition) is 1. The standard InChI is InChI=1S/C20H19N3O6/c1-22-18(24)21-19(25)23(20(22)26)13-7-8-16(28-14-5-3-2-4-6-14)17(11-13)29-15-9-10-27-12-15/h2-8,11,15H,9-10,12H2,1H3,(H,21,24,25). The third-order valence-electron chi connectivity index (χ3n) is 4.54. The van der Waals surface area contributed by atoms with Crippen LogP contribution in [-0.4, -0.2) is 33.4 Å². The number of H-pyrrole nitrogens is 1. The number of nitrogens with one attached hydrogen (secondary N) is 1. The maximum absolute atomic E-state index is 12.5. The second-order valence-corrected chi connectivity index (χ2v) is 6.56. The lowest BCUT2D eigenvalue weighted by molar-refractivity contribution is 0.139. The molecule has 0 bridgehead atoms. The van der Waals surface area contributed by atoms with Gasteiger partial charge in [-0.25, -0.2) is 23.5 Å². The molecule has 0 radical (unpaired) electrons. The van der Waals surface area contributed by atoms with Gasteiger partial charge in [0.05, 0.1) is 18.9 Å². The SMILES string of the molecule is Cn1c(=O)[nH]c(=O)n(-c2ccc(Oc3ccccc3)c(OC3CCOC3)c2)c1=O. The maximum atomic E-state index is 12.5. The predicted molar refractivity (Wildman–Crippen MR) is 104 cm³/mol. The molecule has 1 fully saturated rings. The number of aromatic amines is 1. The van der Waals surface area contributed by atoms with Crippen molar-refractivity contribution in [2.45, 2.75) is 12.5 Å². The van der Waals surface area contributed by atoms with Gasteiger partial charge < -0.3 is 14.2 Å². The molecule has 9 nitrogen and oxygen atoms in total. The van der Waals surface area contributed by atoms with Crippen molar-refractivity contribution in [1.82, 2.24) is 14.1 Å². The van der Waals surface area contributed by atoms with Gasteiger partial charge in [-0.1, -0.05) is 18.2 Å². The van der Waals surface area contributed by atoms with Gasteiger partial charge in [0.2, 0.25) is 0 Å². The van der Waals surface area contributed by atoms with Gasteiger partial charge in [-0.2, -0.15) is 0 Å². The molecule has 2 aromatic carbocycles. The number of para-hydroxylation sites is 1. The Morgan fingerprint density at radius 3 is 2.55 bits per heavy atom. The Kier molecular flexibility index (Phi) is 5.05. The molecule has 3 aromatic rings. The summed E-state index contributed by atoms with van der Waals surface area (Å²) in [4.78, 5) is 38.5. The number of ether oxygens (including phenoxy) is 3. The Morgan fingerprint density at radius 1 is 1.03 bits per heavy atom. The first kappa shape index (κ1) is 18.8. The highest BCUT2D eigenvalue weighted by atomic mass is 16.6. The van der Waals surface area contributed by atoms with Gasteiger partial charge in [-0.15, -0.1) is 0 Å². The van der Waals surface area contributed by atoms with Crippen LogP contribution in [0.15, 0.2) is 62.9 Å². The molecule has 1 aliphatic rings. The topological polar surface area (TPSA) is 105 Å². The highest BCUT2D eigenvalue weighted by Crippen LogP contribution is 2.34. The summed E-state index contributed by atoms with van der Waals surface area (Å²) in [6.07, 6.45) is 0.550. The molecule has 0 saturated carbocycles. The first-order chi connectivity index (χ1) is 14.0. The molecule has 0 spiro atoms. The molecule has 0 amide bonds. The van der Waals surface area contributed by atoms with Gasteiger partial charge in [0.1, 0.15) is 11.9 Å². The van der Waals surface area contributed by atoms with Crippen molar-refractivity contribution < 1.29 is 14.2 Å². The van der Waals surface area contributed by atoms with Crippen LogP contribution >= 0.6 is 0 Å². The lowest BCUT2D eigenvalue weighted by atomic mass is 10.2. The summed E-state index contributed by atoms with van der Waals surface area (Å²) in [6.45, 7) is 1.04. The number of hydrogen-bond acceptors (Lipinski definition) is 6. The van der Waals surface area contributed by atoms with E-state index in [2.05, 4.69) is 4.98 Å². The van der Waals surface area contributed by atoms with Crippen molar-refractivity contribution in [1.29, 1.82) is 0 Å². The van der Waals surface area contributed by atoms with Gasteiger partial charge in [-0.3, -0.25) is 4.98 Å². The van der Waals surface area contributed by atoms with E-state index in [0.29, 0.717) is 30.5 Å². The molecule has 29 heavy (non-hydrogen) atoms. The normalized spacial score (nSPS) is 16.0. The van der Waals surface area contributed by atoms with Crippen molar-refractivity contribution in [2.24, 2.45) is 7.05 Å². The molecule has 150 valence electrons. The fraction of sp³-hybridized carbons (Fsp3) is 0.250. The van der Waals surface area contributed by atoms with Crippen LogP contribution in [0.4, 0.5) is 0 Å². The van der Waals surface area contributed by atoms with E-state index in [4.69, 9.17) is 14.2 Å². The smallest absolute Gasteiger partial charge is 0.340 e. The van der Waals surface area contributed by atoms with Gasteiger partial charge in [0.25, 0.3) is 0 Å². The molecular formula is C20H19N3O6. The van der Waals surface area contributed by atoms with Crippen molar-refractivity contribution in [3.8, 4) is 22.9 Å². The number of aromatic nitrogens is 3. The Hall–Kier alpha value is -3.59. The predicted octanol–water partition coefficient (Wildman–Crippen LogP) is 1.18. The van der Waals surface area contributed by atoms with E-state index < -0.39 is 17.1 Å². The van der Waals surface area contributed by atoms with Crippen molar-refractivity contribution in [3.63, 3.8) is 0 Å². The number of rotatable bonds is 5. The van der Waals surface area contributed by atoms with Crippen LogP contribution in [-0.2, 0) is 11.8 Å². The van der Waals surface area contributed by atoms with Crippen LogP contribution < -0.4 is 26.5 Å². The van der Waals surface area contributed by atoms with E-state index in [1.165, 1.54) is 13.1 Å². The van der Waals surface area contributed by atoms with E-state index in [0.717, 1.165) is 15.6 Å². The van der Waals surface area contributed by atoms with E-state index >= 15 is 0 Å². The molecule has 2 heterocycles. The van der Waals surface area contributed by atoms with Gasteiger partial charge in [-0.05, 0) is 24.3 Å². The molecule has 4 rings (SSSR count). The first-order valence-electron chi connectivity index (χ1n) is 9.07. The van der Waals surface area contributed by atoms with Gasteiger partial charge in [0, 0.05) is 19.5 Å². The summed E-state index contributed by atoms with van der Waals surface area (Å²) in [6, 6.07) is 13.9. The highest BCUT2D eigenvalue weighted by molar-refractivity contribution is 5.50. The Labute approximate surface area is 164 Å². The average Bonchev–Trinajstić information content (AvgIpc) is 3.22. The van der Waals surface area contributed by atoms with Gasteiger partial charge in [0.15, 0.2) is 11.5 Å².